The van der Waals surface area contributed by atoms with Gasteiger partial charge in [0, 0.05) is 17.8 Å². The number of hydrogen-bond donors (Lipinski definition) is 0. The lowest BCUT2D eigenvalue weighted by molar-refractivity contribution is 0.628. The summed E-state index contributed by atoms with van der Waals surface area (Å²) >= 11 is 0. The Bertz CT molecular complexity index is 899. The lowest BCUT2D eigenvalue weighted by Crippen LogP contribution is -2.23. The SMILES string of the molecule is O=c1c(-c2cccc(F)c2)nc2cccnc2n1C1CC1. The van der Waals surface area contributed by atoms with Crippen LogP contribution < -0.4 is 5.56 Å². The highest BCUT2D eigenvalue weighted by molar-refractivity contribution is 5.74. The molecule has 1 aliphatic rings. The third-order valence-electron chi connectivity index (χ3n) is 3.66. The minimum atomic E-state index is -0.377. The number of nitrogens with zero attached hydrogens (tertiary/aromatic N) is 3. The summed E-state index contributed by atoms with van der Waals surface area (Å²) in [5.41, 5.74) is 1.84. The summed E-state index contributed by atoms with van der Waals surface area (Å²) in [6.07, 6.45) is 3.60. The predicted molar refractivity (Wildman–Crippen MR) is 77.5 cm³/mol. The average Bonchev–Trinajstić information content (AvgIpc) is 3.31. The molecule has 3 aromatic rings. The van der Waals surface area contributed by atoms with Crippen LogP contribution in [0, 0.1) is 5.82 Å². The summed E-state index contributed by atoms with van der Waals surface area (Å²) in [5.74, 6) is -0.377. The van der Waals surface area contributed by atoms with Crippen LogP contribution in [-0.2, 0) is 0 Å². The van der Waals surface area contributed by atoms with Gasteiger partial charge in [0.1, 0.15) is 17.0 Å². The van der Waals surface area contributed by atoms with Crippen LogP contribution in [0.5, 0.6) is 0 Å². The van der Waals surface area contributed by atoms with Crippen LogP contribution in [0.25, 0.3) is 22.4 Å². The fraction of sp³-hybridized carbons (Fsp3) is 0.188. The Kier molecular flexibility index (Phi) is 2.60. The molecule has 0 radical (unpaired) electrons. The highest BCUT2D eigenvalue weighted by Gasteiger charge is 2.28. The molecule has 1 saturated carbocycles. The van der Waals surface area contributed by atoms with Gasteiger partial charge in [0.2, 0.25) is 0 Å². The molecule has 5 heteroatoms. The number of pyridine rings is 1. The van der Waals surface area contributed by atoms with Gasteiger partial charge in [0.05, 0.1) is 0 Å². The van der Waals surface area contributed by atoms with Crippen molar-refractivity contribution in [1.82, 2.24) is 14.5 Å². The number of benzene rings is 1. The van der Waals surface area contributed by atoms with Crippen LogP contribution in [0.15, 0.2) is 47.4 Å². The molecule has 4 rings (SSSR count). The maximum absolute atomic E-state index is 13.4. The van der Waals surface area contributed by atoms with Gasteiger partial charge in [0.15, 0.2) is 5.65 Å². The first-order valence-corrected chi connectivity index (χ1v) is 6.87. The maximum Gasteiger partial charge on any atom is 0.278 e. The van der Waals surface area contributed by atoms with Crippen molar-refractivity contribution in [2.24, 2.45) is 0 Å². The molecule has 0 spiro atoms. The van der Waals surface area contributed by atoms with Crippen LogP contribution in [0.3, 0.4) is 0 Å². The minimum absolute atomic E-state index is 0.185. The van der Waals surface area contributed by atoms with Gasteiger partial charge in [-0.15, -0.1) is 0 Å². The first-order valence-electron chi connectivity index (χ1n) is 6.87. The molecule has 0 amide bonds. The summed E-state index contributed by atoms with van der Waals surface area (Å²) in [5, 5.41) is 0. The molecule has 104 valence electrons. The van der Waals surface area contributed by atoms with Gasteiger partial charge in [0.25, 0.3) is 5.56 Å². The molecule has 2 aromatic heterocycles. The van der Waals surface area contributed by atoms with E-state index in [4.69, 9.17) is 0 Å². The van der Waals surface area contributed by atoms with Crippen LogP contribution in [0.1, 0.15) is 18.9 Å². The van der Waals surface area contributed by atoms with Crippen LogP contribution in [0.4, 0.5) is 4.39 Å². The largest absolute Gasteiger partial charge is 0.286 e. The Balaban J connectivity index is 2.06. The topological polar surface area (TPSA) is 47.8 Å². The minimum Gasteiger partial charge on any atom is -0.286 e. The van der Waals surface area contributed by atoms with E-state index in [1.807, 2.05) is 6.07 Å². The number of halogens is 1. The Labute approximate surface area is 119 Å². The van der Waals surface area contributed by atoms with E-state index in [0.29, 0.717) is 16.7 Å². The van der Waals surface area contributed by atoms with E-state index in [1.165, 1.54) is 12.1 Å². The number of rotatable bonds is 2. The van der Waals surface area contributed by atoms with Crippen molar-refractivity contribution in [3.05, 3.63) is 58.8 Å². The van der Waals surface area contributed by atoms with E-state index in [0.717, 1.165) is 12.8 Å². The summed E-state index contributed by atoms with van der Waals surface area (Å²) in [7, 11) is 0. The quantitative estimate of drug-likeness (QED) is 0.725. The molecule has 0 aliphatic heterocycles. The van der Waals surface area contributed by atoms with E-state index < -0.39 is 0 Å². The van der Waals surface area contributed by atoms with Crippen molar-refractivity contribution in [3.8, 4) is 11.3 Å². The Hall–Kier alpha value is -2.56. The molecule has 4 nitrogen and oxygen atoms in total. The molecular formula is C16H12FN3O. The maximum atomic E-state index is 13.4. The van der Waals surface area contributed by atoms with Gasteiger partial charge in [-0.05, 0) is 37.1 Å². The molecule has 2 heterocycles. The van der Waals surface area contributed by atoms with E-state index in [-0.39, 0.29) is 23.1 Å². The van der Waals surface area contributed by atoms with E-state index in [2.05, 4.69) is 9.97 Å². The summed E-state index contributed by atoms with van der Waals surface area (Å²) in [6.45, 7) is 0. The van der Waals surface area contributed by atoms with Gasteiger partial charge in [-0.25, -0.2) is 14.4 Å². The number of fused-ring (bicyclic) bond motifs is 1. The van der Waals surface area contributed by atoms with E-state index in [9.17, 15) is 9.18 Å². The molecule has 0 N–H and O–H groups in total. The first kappa shape index (κ1) is 12.2. The Morgan fingerprint density at radius 2 is 2.05 bits per heavy atom. The molecule has 1 aliphatic carbocycles. The van der Waals surface area contributed by atoms with Gasteiger partial charge >= 0.3 is 0 Å². The summed E-state index contributed by atoms with van der Waals surface area (Å²) in [6, 6.07) is 9.77. The molecule has 1 aromatic carbocycles. The fourth-order valence-electron chi connectivity index (χ4n) is 2.54. The standard InChI is InChI=1S/C16H12FN3O/c17-11-4-1-3-10(9-11)14-16(21)20(12-6-7-12)15-13(19-14)5-2-8-18-15/h1-5,8-9,12H,6-7H2. The van der Waals surface area contributed by atoms with Gasteiger partial charge in [-0.2, -0.15) is 0 Å². The van der Waals surface area contributed by atoms with Gasteiger partial charge in [-0.1, -0.05) is 12.1 Å². The molecular weight excluding hydrogens is 269 g/mol. The predicted octanol–water partition coefficient (Wildman–Crippen LogP) is 2.93. The molecule has 0 atom stereocenters. The van der Waals surface area contributed by atoms with Crippen molar-refractivity contribution >= 4 is 11.2 Å². The van der Waals surface area contributed by atoms with Crippen molar-refractivity contribution in [2.45, 2.75) is 18.9 Å². The summed E-state index contributed by atoms with van der Waals surface area (Å²) in [4.78, 5) is 21.4. The second-order valence-corrected chi connectivity index (χ2v) is 5.22. The Morgan fingerprint density at radius 3 is 2.81 bits per heavy atom. The second kappa shape index (κ2) is 4.48. The summed E-state index contributed by atoms with van der Waals surface area (Å²) < 4.78 is 15.1. The third kappa shape index (κ3) is 2.01. The smallest absolute Gasteiger partial charge is 0.278 e. The Morgan fingerprint density at radius 1 is 1.19 bits per heavy atom. The molecule has 0 saturated heterocycles. The van der Waals surface area contributed by atoms with Gasteiger partial charge in [-0.3, -0.25) is 9.36 Å². The fourth-order valence-corrected chi connectivity index (χ4v) is 2.54. The first-order chi connectivity index (χ1) is 10.2. The molecule has 0 bridgehead atoms. The highest BCUT2D eigenvalue weighted by Crippen LogP contribution is 2.35. The zero-order valence-corrected chi connectivity index (χ0v) is 11.2. The van der Waals surface area contributed by atoms with Crippen LogP contribution in [0.2, 0.25) is 0 Å². The number of hydrogen-bond acceptors (Lipinski definition) is 3. The van der Waals surface area contributed by atoms with Crippen LogP contribution in [-0.4, -0.2) is 14.5 Å². The zero-order valence-electron chi connectivity index (χ0n) is 11.2. The second-order valence-electron chi connectivity index (χ2n) is 5.22. The van der Waals surface area contributed by atoms with Crippen molar-refractivity contribution in [3.63, 3.8) is 0 Å². The highest BCUT2D eigenvalue weighted by atomic mass is 19.1. The third-order valence-corrected chi connectivity index (χ3v) is 3.66. The average molecular weight is 281 g/mol. The van der Waals surface area contributed by atoms with Crippen molar-refractivity contribution < 1.29 is 4.39 Å². The normalized spacial score (nSPS) is 14.5. The molecule has 1 fully saturated rings. The molecule has 21 heavy (non-hydrogen) atoms. The number of aromatic nitrogens is 3. The zero-order chi connectivity index (χ0) is 14.4. The van der Waals surface area contributed by atoms with Gasteiger partial charge < -0.3 is 0 Å². The molecule has 0 unspecified atom stereocenters. The lowest BCUT2D eigenvalue weighted by Gasteiger charge is -2.10. The van der Waals surface area contributed by atoms with E-state index >= 15 is 0 Å². The lowest BCUT2D eigenvalue weighted by atomic mass is 10.1. The van der Waals surface area contributed by atoms with Crippen molar-refractivity contribution in [1.29, 1.82) is 0 Å². The van der Waals surface area contributed by atoms with E-state index in [1.54, 1.807) is 29.0 Å². The van der Waals surface area contributed by atoms with Crippen molar-refractivity contribution in [2.75, 3.05) is 0 Å². The monoisotopic (exact) mass is 281 g/mol. The van der Waals surface area contributed by atoms with Crippen LogP contribution >= 0.6 is 0 Å².